The molecule has 0 spiro atoms. The van der Waals surface area contributed by atoms with Crippen LogP contribution >= 0.6 is 0 Å². The molecule has 3 unspecified atom stereocenters. The molecule has 18 heavy (non-hydrogen) atoms. The van der Waals surface area contributed by atoms with E-state index in [-0.39, 0.29) is 18.3 Å². The summed E-state index contributed by atoms with van der Waals surface area (Å²) in [6.07, 6.45) is 5.20. The minimum absolute atomic E-state index is 0.0150. The fourth-order valence-corrected chi connectivity index (χ4v) is 1.66. The van der Waals surface area contributed by atoms with E-state index in [2.05, 4.69) is 13.8 Å². The van der Waals surface area contributed by atoms with Crippen LogP contribution in [0.3, 0.4) is 0 Å². The van der Waals surface area contributed by atoms with Gasteiger partial charge in [0.25, 0.3) is 0 Å². The molecule has 0 amide bonds. The summed E-state index contributed by atoms with van der Waals surface area (Å²) in [7, 11) is 0. The monoisotopic (exact) mass is 259 g/mol. The first kappa shape index (κ1) is 17.9. The van der Waals surface area contributed by atoms with Gasteiger partial charge < -0.3 is 14.2 Å². The highest BCUT2D eigenvalue weighted by Crippen LogP contribution is 2.03. The van der Waals surface area contributed by atoms with Crippen molar-refractivity contribution >= 4 is 0 Å². The van der Waals surface area contributed by atoms with E-state index in [1.807, 2.05) is 20.8 Å². The molecule has 3 atom stereocenters. The molecular weight excluding hydrogens is 228 g/mol. The van der Waals surface area contributed by atoms with E-state index in [1.54, 1.807) is 0 Å². The summed E-state index contributed by atoms with van der Waals surface area (Å²) in [4.78, 5) is 0. The number of hydrogen-bond acceptors (Lipinski definition) is 3. The van der Waals surface area contributed by atoms with Crippen LogP contribution in [0.5, 0.6) is 0 Å². The molecule has 0 bridgehead atoms. The molecule has 1 radical (unpaired) electrons. The van der Waals surface area contributed by atoms with E-state index in [0.717, 1.165) is 13.0 Å². The van der Waals surface area contributed by atoms with Crippen molar-refractivity contribution in [2.45, 2.75) is 71.7 Å². The molecule has 3 nitrogen and oxygen atoms in total. The van der Waals surface area contributed by atoms with Crippen molar-refractivity contribution in [2.24, 2.45) is 0 Å². The van der Waals surface area contributed by atoms with E-state index >= 15 is 0 Å². The van der Waals surface area contributed by atoms with Gasteiger partial charge in [0, 0.05) is 6.61 Å². The first-order chi connectivity index (χ1) is 8.56. The van der Waals surface area contributed by atoms with E-state index in [0.29, 0.717) is 13.2 Å². The van der Waals surface area contributed by atoms with Gasteiger partial charge in [-0.15, -0.1) is 0 Å². The second-order valence-electron chi connectivity index (χ2n) is 5.04. The molecular formula is C15H31O3. The van der Waals surface area contributed by atoms with Crippen molar-refractivity contribution in [3.05, 3.63) is 6.92 Å². The fourth-order valence-electron chi connectivity index (χ4n) is 1.66. The Morgan fingerprint density at radius 2 is 1.61 bits per heavy atom. The van der Waals surface area contributed by atoms with Crippen LogP contribution in [0, 0.1) is 6.92 Å². The molecule has 0 saturated heterocycles. The molecule has 0 aromatic rings. The Kier molecular flexibility index (Phi) is 11.9. The Balaban J connectivity index is 3.38. The zero-order valence-corrected chi connectivity index (χ0v) is 12.6. The van der Waals surface area contributed by atoms with Gasteiger partial charge in [-0.25, -0.2) is 0 Å². The maximum Gasteiger partial charge on any atom is 0.0785 e. The Hall–Kier alpha value is -0.120. The van der Waals surface area contributed by atoms with E-state index in [1.165, 1.54) is 19.3 Å². The molecule has 0 aromatic heterocycles. The predicted octanol–water partition coefficient (Wildman–Crippen LogP) is 3.62. The van der Waals surface area contributed by atoms with Gasteiger partial charge in [-0.3, -0.25) is 0 Å². The van der Waals surface area contributed by atoms with Crippen LogP contribution in [-0.2, 0) is 14.2 Å². The molecule has 0 N–H and O–H groups in total. The summed E-state index contributed by atoms with van der Waals surface area (Å²) in [5.41, 5.74) is 0. The van der Waals surface area contributed by atoms with Gasteiger partial charge in [0.05, 0.1) is 31.5 Å². The fraction of sp³-hybridized carbons (Fsp3) is 0.933. The summed E-state index contributed by atoms with van der Waals surface area (Å²) in [6, 6.07) is 0. The van der Waals surface area contributed by atoms with Crippen molar-refractivity contribution in [1.82, 2.24) is 0 Å². The lowest BCUT2D eigenvalue weighted by molar-refractivity contribution is -0.0767. The first-order valence-corrected chi connectivity index (χ1v) is 7.24. The Bertz CT molecular complexity index is 171. The van der Waals surface area contributed by atoms with Crippen LogP contribution < -0.4 is 0 Å². The minimum Gasteiger partial charge on any atom is -0.379 e. The quantitative estimate of drug-likeness (QED) is 0.501. The van der Waals surface area contributed by atoms with Gasteiger partial charge in [0.1, 0.15) is 0 Å². The molecule has 0 rings (SSSR count). The first-order valence-electron chi connectivity index (χ1n) is 7.24. The lowest BCUT2D eigenvalue weighted by Gasteiger charge is -2.20. The van der Waals surface area contributed by atoms with Gasteiger partial charge in [0.15, 0.2) is 0 Å². The predicted molar refractivity (Wildman–Crippen MR) is 75.7 cm³/mol. The molecule has 109 valence electrons. The van der Waals surface area contributed by atoms with Crippen molar-refractivity contribution < 1.29 is 14.2 Å². The Morgan fingerprint density at radius 3 is 2.22 bits per heavy atom. The van der Waals surface area contributed by atoms with E-state index in [4.69, 9.17) is 14.2 Å². The van der Waals surface area contributed by atoms with Gasteiger partial charge in [-0.2, -0.15) is 0 Å². The molecule has 0 aromatic carbocycles. The largest absolute Gasteiger partial charge is 0.379 e. The molecule has 0 aliphatic carbocycles. The molecule has 0 saturated carbocycles. The highest BCUT2D eigenvalue weighted by Gasteiger charge is 2.09. The lowest BCUT2D eigenvalue weighted by Crippen LogP contribution is -2.26. The Labute approximate surface area is 113 Å². The van der Waals surface area contributed by atoms with Crippen LogP contribution in [-0.4, -0.2) is 38.1 Å². The van der Waals surface area contributed by atoms with Crippen molar-refractivity contribution in [1.29, 1.82) is 0 Å². The second-order valence-corrected chi connectivity index (χ2v) is 5.04. The van der Waals surface area contributed by atoms with Gasteiger partial charge >= 0.3 is 0 Å². The minimum atomic E-state index is 0.0150. The van der Waals surface area contributed by atoms with Crippen LogP contribution in [0.4, 0.5) is 0 Å². The normalized spacial score (nSPS) is 15.0. The number of hydrogen-bond donors (Lipinski definition) is 0. The number of unbranched alkanes of at least 4 members (excludes halogenated alkanes) is 3. The van der Waals surface area contributed by atoms with Gasteiger partial charge in [-0.05, 0) is 34.1 Å². The number of rotatable bonds is 12. The summed E-state index contributed by atoms with van der Waals surface area (Å²) < 4.78 is 16.7. The summed E-state index contributed by atoms with van der Waals surface area (Å²) in [6.45, 7) is 14.1. The SMILES string of the molecule is [CH2]C(C)OCC(C)OC(C)COCCCCCC. The molecule has 0 heterocycles. The summed E-state index contributed by atoms with van der Waals surface area (Å²) in [5, 5.41) is 0. The molecule has 0 aliphatic rings. The van der Waals surface area contributed by atoms with E-state index in [9.17, 15) is 0 Å². The van der Waals surface area contributed by atoms with Crippen LogP contribution in [0.2, 0.25) is 0 Å². The molecule has 0 aliphatic heterocycles. The topological polar surface area (TPSA) is 27.7 Å². The smallest absolute Gasteiger partial charge is 0.0785 e. The van der Waals surface area contributed by atoms with Crippen molar-refractivity contribution in [2.75, 3.05) is 19.8 Å². The molecule has 0 fully saturated rings. The summed E-state index contributed by atoms with van der Waals surface area (Å²) in [5.74, 6) is 0. The van der Waals surface area contributed by atoms with E-state index < -0.39 is 0 Å². The highest BCUT2D eigenvalue weighted by molar-refractivity contribution is 4.57. The molecule has 3 heteroatoms. The third-order valence-electron chi connectivity index (χ3n) is 2.57. The zero-order valence-electron chi connectivity index (χ0n) is 12.6. The average Bonchev–Trinajstić information content (AvgIpc) is 2.31. The van der Waals surface area contributed by atoms with Crippen LogP contribution in [0.1, 0.15) is 53.4 Å². The maximum absolute atomic E-state index is 5.75. The summed E-state index contributed by atoms with van der Waals surface area (Å²) >= 11 is 0. The highest BCUT2D eigenvalue weighted by atomic mass is 16.6. The van der Waals surface area contributed by atoms with Crippen molar-refractivity contribution in [3.8, 4) is 0 Å². The lowest BCUT2D eigenvalue weighted by atomic mass is 10.2. The second kappa shape index (κ2) is 11.9. The Morgan fingerprint density at radius 1 is 0.944 bits per heavy atom. The van der Waals surface area contributed by atoms with Crippen LogP contribution in [0.25, 0.3) is 0 Å². The van der Waals surface area contributed by atoms with Crippen molar-refractivity contribution in [3.63, 3.8) is 0 Å². The zero-order chi connectivity index (χ0) is 13.8. The maximum atomic E-state index is 5.75. The third-order valence-corrected chi connectivity index (χ3v) is 2.57. The van der Waals surface area contributed by atoms with Gasteiger partial charge in [0.2, 0.25) is 0 Å². The van der Waals surface area contributed by atoms with Gasteiger partial charge in [-0.1, -0.05) is 26.2 Å². The third kappa shape index (κ3) is 12.3. The average molecular weight is 259 g/mol. The van der Waals surface area contributed by atoms with Crippen LogP contribution in [0.15, 0.2) is 0 Å². The standard InChI is InChI=1S/C15H31O3/c1-6-7-8-9-10-16-11-14(4)18-15(5)12-17-13(2)3/h13-15H,2,6-12H2,1,3-5H3. The number of ether oxygens (including phenoxy) is 3.